The summed E-state index contributed by atoms with van der Waals surface area (Å²) in [7, 11) is 2.05. The fourth-order valence-electron chi connectivity index (χ4n) is 4.54. The Morgan fingerprint density at radius 2 is 2.26 bits per heavy atom. The van der Waals surface area contributed by atoms with E-state index >= 15 is 0 Å². The SMILES string of the molecule is C=CCN1CC2C[C@@H]3C(=C[C@@H](C(=O)O)CN3C)c3cccc1c32. The second-order valence-electron chi connectivity index (χ2n) is 6.89. The van der Waals surface area contributed by atoms with Crippen LogP contribution in [0.5, 0.6) is 0 Å². The Balaban J connectivity index is 1.84. The highest BCUT2D eigenvalue weighted by Crippen LogP contribution is 2.50. The maximum absolute atomic E-state index is 11.5. The number of hydrogen-bond donors (Lipinski definition) is 1. The lowest BCUT2D eigenvalue weighted by Crippen LogP contribution is -2.44. The molecular weight excluding hydrogens is 288 g/mol. The molecule has 3 aliphatic rings. The molecule has 0 saturated carbocycles. The molecule has 1 N–H and O–H groups in total. The van der Waals surface area contributed by atoms with E-state index in [2.05, 4.69) is 41.6 Å². The molecule has 3 atom stereocenters. The molecule has 0 radical (unpaired) electrons. The topological polar surface area (TPSA) is 43.8 Å². The fourth-order valence-corrected chi connectivity index (χ4v) is 4.54. The third-order valence-electron chi connectivity index (χ3n) is 5.51. The van der Waals surface area contributed by atoms with E-state index in [9.17, 15) is 9.90 Å². The second kappa shape index (κ2) is 5.24. The minimum Gasteiger partial charge on any atom is -0.481 e. The lowest BCUT2D eigenvalue weighted by atomic mass is 9.74. The van der Waals surface area contributed by atoms with Crippen molar-refractivity contribution < 1.29 is 9.90 Å². The Hall–Kier alpha value is -2.07. The van der Waals surface area contributed by atoms with Crippen LogP contribution in [-0.4, -0.2) is 48.7 Å². The van der Waals surface area contributed by atoms with Gasteiger partial charge in [0.25, 0.3) is 0 Å². The van der Waals surface area contributed by atoms with Crippen LogP contribution in [0.4, 0.5) is 5.69 Å². The highest BCUT2D eigenvalue weighted by molar-refractivity contribution is 5.85. The summed E-state index contributed by atoms with van der Waals surface area (Å²) in [4.78, 5) is 16.1. The molecule has 4 rings (SSSR count). The van der Waals surface area contributed by atoms with E-state index in [-0.39, 0.29) is 0 Å². The predicted molar refractivity (Wildman–Crippen MR) is 91.7 cm³/mol. The number of carbonyl (C=O) groups is 1. The number of carboxylic acids is 1. The van der Waals surface area contributed by atoms with Gasteiger partial charge in [0.1, 0.15) is 0 Å². The van der Waals surface area contributed by atoms with Crippen molar-refractivity contribution in [2.75, 3.05) is 31.6 Å². The van der Waals surface area contributed by atoms with Crippen molar-refractivity contribution in [3.8, 4) is 0 Å². The van der Waals surface area contributed by atoms with Crippen molar-refractivity contribution in [2.45, 2.75) is 18.4 Å². The Bertz CT molecular complexity index is 709. The number of rotatable bonds is 3. The summed E-state index contributed by atoms with van der Waals surface area (Å²) in [6.45, 7) is 6.38. The molecule has 120 valence electrons. The van der Waals surface area contributed by atoms with Gasteiger partial charge in [0.15, 0.2) is 0 Å². The molecule has 2 heterocycles. The Morgan fingerprint density at radius 1 is 1.43 bits per heavy atom. The van der Waals surface area contributed by atoms with Gasteiger partial charge in [-0.25, -0.2) is 0 Å². The zero-order chi connectivity index (χ0) is 16.1. The first-order chi connectivity index (χ1) is 11.1. The van der Waals surface area contributed by atoms with Crippen molar-refractivity contribution >= 4 is 17.2 Å². The van der Waals surface area contributed by atoms with E-state index in [1.165, 1.54) is 22.4 Å². The maximum atomic E-state index is 11.5. The standard InChI is InChI=1S/C19H22N2O2/c1-3-7-21-11-12-9-17-15(8-13(19(22)23)10-20(17)2)14-5-4-6-16(21)18(12)14/h3-6,8,12-13,17H,1,7,9-11H2,2H3,(H,22,23)/t12?,13-,17-/m1/s1. The second-order valence-corrected chi connectivity index (χ2v) is 6.89. The molecule has 0 bridgehead atoms. The average molecular weight is 310 g/mol. The molecule has 0 amide bonds. The number of hydrogen-bond acceptors (Lipinski definition) is 3. The van der Waals surface area contributed by atoms with Gasteiger partial charge in [0.05, 0.1) is 5.92 Å². The normalized spacial score (nSPS) is 28.8. The monoisotopic (exact) mass is 310 g/mol. The first kappa shape index (κ1) is 14.5. The van der Waals surface area contributed by atoms with E-state index in [0.29, 0.717) is 18.5 Å². The van der Waals surface area contributed by atoms with Crippen LogP contribution in [0.15, 0.2) is 36.9 Å². The zero-order valence-corrected chi connectivity index (χ0v) is 13.4. The third-order valence-corrected chi connectivity index (χ3v) is 5.51. The number of benzene rings is 1. The van der Waals surface area contributed by atoms with Crippen LogP contribution in [0.25, 0.3) is 5.57 Å². The lowest BCUT2D eigenvalue weighted by molar-refractivity contribution is -0.140. The van der Waals surface area contributed by atoms with Crippen molar-refractivity contribution in [3.63, 3.8) is 0 Å². The quantitative estimate of drug-likeness (QED) is 0.872. The Kier molecular flexibility index (Phi) is 3.31. The van der Waals surface area contributed by atoms with Crippen LogP contribution < -0.4 is 4.90 Å². The number of carboxylic acid groups (broad SMARTS) is 1. The van der Waals surface area contributed by atoms with E-state index in [1.807, 2.05) is 12.2 Å². The maximum Gasteiger partial charge on any atom is 0.311 e. The van der Waals surface area contributed by atoms with Gasteiger partial charge in [-0.05, 0) is 36.2 Å². The molecule has 4 nitrogen and oxygen atoms in total. The lowest BCUT2D eigenvalue weighted by Gasteiger charge is -2.41. The van der Waals surface area contributed by atoms with E-state index in [0.717, 1.165) is 19.5 Å². The first-order valence-electron chi connectivity index (χ1n) is 8.24. The molecule has 0 aromatic heterocycles. The van der Waals surface area contributed by atoms with Gasteiger partial charge in [-0.1, -0.05) is 24.3 Å². The summed E-state index contributed by atoms with van der Waals surface area (Å²) in [6.07, 6.45) is 5.02. The van der Waals surface area contributed by atoms with Crippen LogP contribution in [0.2, 0.25) is 0 Å². The van der Waals surface area contributed by atoms with Gasteiger partial charge in [0.2, 0.25) is 0 Å². The van der Waals surface area contributed by atoms with Crippen LogP contribution in [0.1, 0.15) is 23.5 Å². The van der Waals surface area contributed by atoms with Crippen LogP contribution in [0.3, 0.4) is 0 Å². The van der Waals surface area contributed by atoms with E-state index in [4.69, 9.17) is 0 Å². The van der Waals surface area contributed by atoms with Crippen LogP contribution in [-0.2, 0) is 4.79 Å². The molecule has 0 fully saturated rings. The summed E-state index contributed by atoms with van der Waals surface area (Å²) in [6, 6.07) is 6.78. The first-order valence-corrected chi connectivity index (χ1v) is 8.24. The number of nitrogens with zero attached hydrogens (tertiary/aromatic N) is 2. The molecular formula is C19H22N2O2. The van der Waals surface area contributed by atoms with Crippen molar-refractivity contribution in [2.24, 2.45) is 5.92 Å². The number of fused-ring (bicyclic) bond motifs is 2. The van der Waals surface area contributed by atoms with E-state index in [1.54, 1.807) is 0 Å². The summed E-state index contributed by atoms with van der Waals surface area (Å²) in [5.41, 5.74) is 5.18. The number of likely N-dealkylation sites (N-methyl/N-ethyl adjacent to an activating group) is 1. The fraction of sp³-hybridized carbons (Fsp3) is 0.421. The predicted octanol–water partition coefficient (Wildman–Crippen LogP) is 2.58. The molecule has 1 aliphatic carbocycles. The molecule has 1 unspecified atom stereocenters. The largest absolute Gasteiger partial charge is 0.481 e. The van der Waals surface area contributed by atoms with Crippen molar-refractivity contribution in [1.29, 1.82) is 0 Å². The number of aliphatic carboxylic acids is 1. The molecule has 23 heavy (non-hydrogen) atoms. The number of anilines is 1. The molecule has 1 aromatic carbocycles. The van der Waals surface area contributed by atoms with Crippen molar-refractivity contribution in [1.82, 2.24) is 4.90 Å². The highest BCUT2D eigenvalue weighted by atomic mass is 16.4. The zero-order valence-electron chi connectivity index (χ0n) is 13.4. The van der Waals surface area contributed by atoms with Gasteiger partial charge < -0.3 is 10.0 Å². The summed E-state index contributed by atoms with van der Waals surface area (Å²) < 4.78 is 0. The minimum absolute atomic E-state index is 0.335. The average Bonchev–Trinajstić information content (AvgIpc) is 2.88. The van der Waals surface area contributed by atoms with Gasteiger partial charge in [-0.15, -0.1) is 6.58 Å². The summed E-state index contributed by atoms with van der Waals surface area (Å²) in [5, 5.41) is 9.43. The van der Waals surface area contributed by atoms with Gasteiger partial charge >= 0.3 is 5.97 Å². The van der Waals surface area contributed by atoms with Gasteiger partial charge in [0, 0.05) is 37.3 Å². The van der Waals surface area contributed by atoms with Crippen LogP contribution in [0, 0.1) is 5.92 Å². The Morgan fingerprint density at radius 3 is 3.00 bits per heavy atom. The minimum atomic E-state index is -0.731. The molecule has 0 saturated heterocycles. The third kappa shape index (κ3) is 2.12. The molecule has 4 heteroatoms. The smallest absolute Gasteiger partial charge is 0.311 e. The Labute approximate surface area is 136 Å². The summed E-state index contributed by atoms with van der Waals surface area (Å²) in [5.74, 6) is -0.609. The summed E-state index contributed by atoms with van der Waals surface area (Å²) >= 11 is 0. The molecule has 1 aromatic rings. The molecule has 2 aliphatic heterocycles. The molecule has 0 spiro atoms. The van der Waals surface area contributed by atoms with Crippen molar-refractivity contribution in [3.05, 3.63) is 48.1 Å². The van der Waals surface area contributed by atoms with E-state index < -0.39 is 11.9 Å². The van der Waals surface area contributed by atoms with Gasteiger partial charge in [-0.2, -0.15) is 0 Å². The van der Waals surface area contributed by atoms with Crippen LogP contribution >= 0.6 is 0 Å². The highest BCUT2D eigenvalue weighted by Gasteiger charge is 2.42. The van der Waals surface area contributed by atoms with Gasteiger partial charge in [-0.3, -0.25) is 9.69 Å².